The van der Waals surface area contributed by atoms with Gasteiger partial charge in [-0.15, -0.1) is 0 Å². The van der Waals surface area contributed by atoms with E-state index < -0.39 is 23.7 Å². The molecule has 10 nitrogen and oxygen atoms in total. The number of likely N-dealkylation sites (N-methyl/N-ethyl adjacent to an activating group) is 1. The van der Waals surface area contributed by atoms with Crippen LogP contribution in [-0.4, -0.2) is 71.2 Å². The maximum atomic E-state index is 15.5. The van der Waals surface area contributed by atoms with Crippen molar-refractivity contribution in [2.75, 3.05) is 43.6 Å². The molecule has 1 aliphatic heterocycles. The molecule has 0 unspecified atom stereocenters. The molecule has 0 spiro atoms. The molecule has 2 atom stereocenters. The first-order valence-corrected chi connectivity index (χ1v) is 12.9. The van der Waals surface area contributed by atoms with Crippen molar-refractivity contribution in [3.05, 3.63) is 11.1 Å². The highest BCUT2D eigenvalue weighted by Gasteiger charge is 2.31. The number of carbonyl (C=O) groups is 2. The Hall–Kier alpha value is -2.40. The summed E-state index contributed by atoms with van der Waals surface area (Å²) in [5.74, 6) is -1.43. The van der Waals surface area contributed by atoms with Gasteiger partial charge in [-0.05, 0) is 56.8 Å². The lowest BCUT2D eigenvalue weighted by Gasteiger charge is -2.30. The number of halogens is 2. The predicted molar refractivity (Wildman–Crippen MR) is 133 cm³/mol. The van der Waals surface area contributed by atoms with Crippen LogP contribution in [0.15, 0.2) is 0 Å². The van der Waals surface area contributed by atoms with E-state index >= 15 is 4.39 Å². The molecule has 0 aromatic carbocycles. The molecular formula is C23H37ClFN7O3. The van der Waals surface area contributed by atoms with Crippen LogP contribution in [0.2, 0.25) is 5.28 Å². The Morgan fingerprint density at radius 3 is 2.69 bits per heavy atom. The summed E-state index contributed by atoms with van der Waals surface area (Å²) in [4.78, 5) is 36.1. The molecule has 2 heterocycles. The molecule has 0 bridgehead atoms. The van der Waals surface area contributed by atoms with Crippen molar-refractivity contribution >= 4 is 35.2 Å². The second kappa shape index (κ2) is 13.1. The van der Waals surface area contributed by atoms with Crippen LogP contribution in [0.25, 0.3) is 0 Å². The van der Waals surface area contributed by atoms with Crippen molar-refractivity contribution in [3.8, 4) is 0 Å². The number of nitrogens with zero attached hydrogens (tertiary/aromatic N) is 4. The minimum absolute atomic E-state index is 0.0155. The second-order valence-corrected chi connectivity index (χ2v) is 9.95. The Morgan fingerprint density at radius 1 is 1.26 bits per heavy atom. The molecule has 4 N–H and O–H groups in total. The number of anilines is 2. The third-order valence-electron chi connectivity index (χ3n) is 6.85. The number of carbonyl (C=O) groups excluding carboxylic acids is 1. The van der Waals surface area contributed by atoms with Crippen molar-refractivity contribution in [2.45, 2.75) is 64.3 Å². The molecular weight excluding hydrogens is 477 g/mol. The molecule has 3 rings (SSSR count). The van der Waals surface area contributed by atoms with E-state index in [-0.39, 0.29) is 29.5 Å². The Bertz CT molecular complexity index is 872. The number of carboxylic acid groups (broad SMARTS) is 1. The lowest BCUT2D eigenvalue weighted by molar-refractivity contribution is -0.124. The molecule has 196 valence electrons. The number of amides is 2. The number of rotatable bonds is 12. The fraction of sp³-hybridized carbons (Fsp3) is 0.739. The van der Waals surface area contributed by atoms with Crippen molar-refractivity contribution in [3.63, 3.8) is 0 Å². The summed E-state index contributed by atoms with van der Waals surface area (Å²) in [6.45, 7) is 4.50. The van der Waals surface area contributed by atoms with Gasteiger partial charge in [0.25, 0.3) is 0 Å². The molecule has 1 saturated heterocycles. The summed E-state index contributed by atoms with van der Waals surface area (Å²) in [6, 6.07) is 0.104. The van der Waals surface area contributed by atoms with E-state index in [1.54, 1.807) is 0 Å². The largest absolute Gasteiger partial charge is 0.465 e. The van der Waals surface area contributed by atoms with E-state index in [2.05, 4.69) is 38.0 Å². The lowest BCUT2D eigenvalue weighted by Crippen LogP contribution is -2.42. The van der Waals surface area contributed by atoms with Crippen LogP contribution in [0.3, 0.4) is 0 Å². The van der Waals surface area contributed by atoms with Gasteiger partial charge in [0.05, 0.1) is 5.92 Å². The lowest BCUT2D eigenvalue weighted by atomic mass is 9.92. The number of hydrogen-bond donors (Lipinski definition) is 4. The van der Waals surface area contributed by atoms with Gasteiger partial charge in [-0.25, -0.2) is 4.79 Å². The van der Waals surface area contributed by atoms with Gasteiger partial charge in [0.1, 0.15) is 0 Å². The summed E-state index contributed by atoms with van der Waals surface area (Å²) in [5, 5.41) is 11.1. The molecule has 1 saturated carbocycles. The molecule has 35 heavy (non-hydrogen) atoms. The minimum Gasteiger partial charge on any atom is -0.465 e. The van der Waals surface area contributed by atoms with E-state index in [0.29, 0.717) is 18.9 Å². The number of nitrogens with one attached hydrogen (secondary N) is 3. The quantitative estimate of drug-likeness (QED) is 0.247. The summed E-state index contributed by atoms with van der Waals surface area (Å²) < 4.78 is 15.5. The predicted octanol–water partition coefficient (Wildman–Crippen LogP) is 3.49. The Kier molecular flexibility index (Phi) is 10.1. The Morgan fingerprint density at radius 2 is 2.00 bits per heavy atom. The topological polar surface area (TPSA) is 123 Å². The van der Waals surface area contributed by atoms with E-state index in [9.17, 15) is 9.59 Å². The van der Waals surface area contributed by atoms with Gasteiger partial charge in [0.15, 0.2) is 11.6 Å². The summed E-state index contributed by atoms with van der Waals surface area (Å²) in [5.41, 5.74) is 5.07. The van der Waals surface area contributed by atoms with Crippen LogP contribution in [-0.2, 0) is 4.79 Å². The van der Waals surface area contributed by atoms with Gasteiger partial charge in [-0.1, -0.05) is 32.6 Å². The van der Waals surface area contributed by atoms with Gasteiger partial charge in [-0.2, -0.15) is 14.4 Å². The molecule has 2 aliphatic rings. The van der Waals surface area contributed by atoms with Gasteiger partial charge < -0.3 is 20.2 Å². The normalized spacial score (nSPS) is 19.2. The Balaban J connectivity index is 1.69. The SMILES string of the molecule is CCCN(C)C[C@@H]1CCCN1c1nc(Cl)nc(NNC(=O)[C@@H](CNC(=O)O)CC2CCCC2)c1F. The zero-order chi connectivity index (χ0) is 25.4. The van der Waals surface area contributed by atoms with E-state index in [4.69, 9.17) is 16.7 Å². The van der Waals surface area contributed by atoms with Crippen molar-refractivity contribution in [1.29, 1.82) is 0 Å². The first kappa shape index (κ1) is 27.2. The molecule has 12 heteroatoms. The molecule has 1 aromatic heterocycles. The van der Waals surface area contributed by atoms with E-state index in [0.717, 1.165) is 58.0 Å². The highest BCUT2D eigenvalue weighted by molar-refractivity contribution is 6.28. The first-order chi connectivity index (χ1) is 16.8. The van der Waals surface area contributed by atoms with Crippen LogP contribution in [0.5, 0.6) is 0 Å². The zero-order valence-electron chi connectivity index (χ0n) is 20.5. The second-order valence-electron chi connectivity index (χ2n) is 9.61. The van der Waals surface area contributed by atoms with E-state index in [1.165, 1.54) is 0 Å². The fourth-order valence-corrected chi connectivity index (χ4v) is 5.35. The minimum atomic E-state index is -1.19. The van der Waals surface area contributed by atoms with Crippen LogP contribution >= 0.6 is 11.6 Å². The van der Waals surface area contributed by atoms with Crippen molar-refractivity contribution in [1.82, 2.24) is 25.6 Å². The van der Waals surface area contributed by atoms with Crippen LogP contribution in [0.1, 0.15) is 58.3 Å². The zero-order valence-corrected chi connectivity index (χ0v) is 21.3. The van der Waals surface area contributed by atoms with Crippen LogP contribution < -0.4 is 21.1 Å². The molecule has 2 amide bonds. The van der Waals surface area contributed by atoms with Crippen LogP contribution in [0.4, 0.5) is 20.8 Å². The maximum absolute atomic E-state index is 15.5. The van der Waals surface area contributed by atoms with Gasteiger partial charge in [0.2, 0.25) is 17.0 Å². The smallest absolute Gasteiger partial charge is 0.404 e. The molecule has 0 radical (unpaired) electrons. The fourth-order valence-electron chi connectivity index (χ4n) is 5.18. The summed E-state index contributed by atoms with van der Waals surface area (Å²) in [6.07, 6.45) is 6.53. The number of aromatic nitrogens is 2. The summed E-state index contributed by atoms with van der Waals surface area (Å²) >= 11 is 6.13. The van der Waals surface area contributed by atoms with Crippen molar-refractivity contribution < 1.29 is 19.1 Å². The standard InChI is InChI=1S/C23H37ClFN7O3/c1-3-10-31(2)14-17-9-6-11-32(17)20-18(25)19(27-22(24)28-20)29-30-21(33)16(13-26-23(34)35)12-15-7-4-5-8-15/h15-17,26H,3-14H2,1-2H3,(H,30,33)(H,34,35)(H,27,28,29)/t16-,17+/m1/s1. The highest BCUT2D eigenvalue weighted by atomic mass is 35.5. The third kappa shape index (κ3) is 7.79. The van der Waals surface area contributed by atoms with Crippen LogP contribution in [0, 0.1) is 17.7 Å². The number of hydrazine groups is 1. The molecule has 1 aliphatic carbocycles. The Labute approximate surface area is 211 Å². The van der Waals surface area contributed by atoms with E-state index in [1.807, 2.05) is 11.9 Å². The number of hydrogen-bond acceptors (Lipinski definition) is 7. The average molecular weight is 514 g/mol. The third-order valence-corrected chi connectivity index (χ3v) is 7.02. The van der Waals surface area contributed by atoms with Crippen molar-refractivity contribution in [2.24, 2.45) is 11.8 Å². The average Bonchev–Trinajstić information content (AvgIpc) is 3.49. The van der Waals surface area contributed by atoms with Gasteiger partial charge >= 0.3 is 6.09 Å². The highest BCUT2D eigenvalue weighted by Crippen LogP contribution is 2.32. The molecule has 1 aromatic rings. The first-order valence-electron chi connectivity index (χ1n) is 12.5. The maximum Gasteiger partial charge on any atom is 0.404 e. The summed E-state index contributed by atoms with van der Waals surface area (Å²) in [7, 11) is 2.05. The van der Waals surface area contributed by atoms with Gasteiger partial charge in [-0.3, -0.25) is 15.6 Å². The molecule has 2 fully saturated rings. The van der Waals surface area contributed by atoms with Gasteiger partial charge in [0, 0.05) is 25.7 Å². The monoisotopic (exact) mass is 513 g/mol.